The van der Waals surface area contributed by atoms with E-state index in [4.69, 9.17) is 0 Å². The predicted molar refractivity (Wildman–Crippen MR) is 79.9 cm³/mol. The lowest BCUT2D eigenvalue weighted by Crippen LogP contribution is -2.63. The van der Waals surface area contributed by atoms with Crippen molar-refractivity contribution in [3.05, 3.63) is 28.2 Å². The summed E-state index contributed by atoms with van der Waals surface area (Å²) in [6.45, 7) is 5.67. The van der Waals surface area contributed by atoms with Gasteiger partial charge in [-0.05, 0) is 44.5 Å². The van der Waals surface area contributed by atoms with Crippen LogP contribution in [0.4, 0.5) is 0 Å². The Hall–Kier alpha value is -0.920. The average Bonchev–Trinajstić information content (AvgIpc) is 2.35. The molecule has 1 N–H and O–H groups in total. The lowest BCUT2D eigenvalue weighted by Gasteiger charge is -2.39. The van der Waals surface area contributed by atoms with Crippen molar-refractivity contribution in [1.29, 1.82) is 0 Å². The molecule has 0 atom stereocenters. The molecule has 0 aliphatic carbocycles. The molecule has 1 fully saturated rings. The number of sulfonamides is 1. The maximum atomic E-state index is 12.7. The van der Waals surface area contributed by atoms with Crippen LogP contribution >= 0.6 is 15.9 Å². The molecule has 0 aromatic heterocycles. The Balaban J connectivity index is 2.49. The van der Waals surface area contributed by atoms with E-state index in [-0.39, 0.29) is 17.3 Å². The molecule has 0 unspecified atom stereocenters. The summed E-state index contributed by atoms with van der Waals surface area (Å²) in [5, 5.41) is 2.69. The van der Waals surface area contributed by atoms with Gasteiger partial charge in [-0.3, -0.25) is 4.79 Å². The van der Waals surface area contributed by atoms with Gasteiger partial charge in [-0.1, -0.05) is 15.9 Å². The highest BCUT2D eigenvalue weighted by Gasteiger charge is 2.44. The summed E-state index contributed by atoms with van der Waals surface area (Å²) in [4.78, 5) is 12.1. The molecule has 1 aliphatic rings. The van der Waals surface area contributed by atoms with Gasteiger partial charge >= 0.3 is 0 Å². The van der Waals surface area contributed by atoms with E-state index < -0.39 is 15.6 Å². The maximum Gasteiger partial charge on any atom is 0.244 e. The number of benzene rings is 1. The quantitative estimate of drug-likeness (QED) is 0.871. The molecule has 1 aromatic rings. The first-order valence-corrected chi connectivity index (χ1v) is 8.48. The molecule has 0 saturated carbocycles. The summed E-state index contributed by atoms with van der Waals surface area (Å²) in [6, 6.07) is 4.87. The SMILES string of the molecule is Cc1cc(S(=O)(=O)N2CCNC(=O)C2(C)C)ccc1Br. The third kappa shape index (κ3) is 2.49. The van der Waals surface area contributed by atoms with Crippen LogP contribution in [0, 0.1) is 6.92 Å². The van der Waals surface area contributed by atoms with Crippen molar-refractivity contribution in [3.8, 4) is 0 Å². The molecule has 110 valence electrons. The number of nitrogens with zero attached hydrogens (tertiary/aromatic N) is 1. The number of hydrogen-bond donors (Lipinski definition) is 1. The number of amides is 1. The molecule has 2 rings (SSSR count). The zero-order chi connectivity index (χ0) is 15.1. The van der Waals surface area contributed by atoms with E-state index in [9.17, 15) is 13.2 Å². The van der Waals surface area contributed by atoms with Crippen molar-refractivity contribution in [2.45, 2.75) is 31.2 Å². The van der Waals surface area contributed by atoms with E-state index in [0.717, 1.165) is 10.0 Å². The van der Waals surface area contributed by atoms with Gasteiger partial charge in [-0.2, -0.15) is 4.31 Å². The van der Waals surface area contributed by atoms with Crippen LogP contribution in [0.25, 0.3) is 0 Å². The first-order valence-electron chi connectivity index (χ1n) is 6.24. The molecule has 20 heavy (non-hydrogen) atoms. The highest BCUT2D eigenvalue weighted by molar-refractivity contribution is 9.10. The van der Waals surface area contributed by atoms with Gasteiger partial charge in [0, 0.05) is 17.6 Å². The Morgan fingerprint density at radius 1 is 1.35 bits per heavy atom. The lowest BCUT2D eigenvalue weighted by molar-refractivity contribution is -0.131. The van der Waals surface area contributed by atoms with Crippen molar-refractivity contribution in [2.75, 3.05) is 13.1 Å². The normalized spacial score (nSPS) is 19.7. The van der Waals surface area contributed by atoms with Crippen molar-refractivity contribution >= 4 is 31.9 Å². The molecule has 0 bridgehead atoms. The van der Waals surface area contributed by atoms with Crippen LogP contribution < -0.4 is 5.32 Å². The monoisotopic (exact) mass is 360 g/mol. The second-order valence-corrected chi connectivity index (χ2v) is 8.02. The Morgan fingerprint density at radius 3 is 2.60 bits per heavy atom. The second-order valence-electron chi connectivity index (χ2n) is 5.30. The molecule has 1 aliphatic heterocycles. The number of nitrogens with one attached hydrogen (secondary N) is 1. The van der Waals surface area contributed by atoms with E-state index in [2.05, 4.69) is 21.2 Å². The van der Waals surface area contributed by atoms with E-state index >= 15 is 0 Å². The minimum atomic E-state index is -3.69. The van der Waals surface area contributed by atoms with Crippen molar-refractivity contribution in [3.63, 3.8) is 0 Å². The van der Waals surface area contributed by atoms with Crippen LogP contribution in [0.2, 0.25) is 0 Å². The highest BCUT2D eigenvalue weighted by Crippen LogP contribution is 2.28. The summed E-state index contributed by atoms with van der Waals surface area (Å²) < 4.78 is 27.6. The molecular formula is C13H17BrN2O3S. The molecule has 7 heteroatoms. The summed E-state index contributed by atoms with van der Waals surface area (Å²) in [7, 11) is -3.69. The number of halogens is 1. The van der Waals surface area contributed by atoms with E-state index in [1.807, 2.05) is 6.92 Å². The maximum absolute atomic E-state index is 12.7. The molecule has 5 nitrogen and oxygen atoms in total. The number of rotatable bonds is 2. The van der Waals surface area contributed by atoms with Crippen LogP contribution in [0.1, 0.15) is 19.4 Å². The Kier molecular flexibility index (Phi) is 3.96. The largest absolute Gasteiger partial charge is 0.353 e. The van der Waals surface area contributed by atoms with Crippen LogP contribution in [0.3, 0.4) is 0 Å². The highest BCUT2D eigenvalue weighted by atomic mass is 79.9. The second kappa shape index (κ2) is 5.13. The van der Waals surface area contributed by atoms with Gasteiger partial charge < -0.3 is 5.32 Å². The van der Waals surface area contributed by atoms with Crippen LogP contribution in [0.5, 0.6) is 0 Å². The fraction of sp³-hybridized carbons (Fsp3) is 0.462. The molecule has 1 amide bonds. The van der Waals surface area contributed by atoms with Crippen molar-refractivity contribution in [1.82, 2.24) is 9.62 Å². The predicted octanol–water partition coefficient (Wildman–Crippen LogP) is 1.66. The molecule has 1 heterocycles. The summed E-state index contributed by atoms with van der Waals surface area (Å²) in [5.74, 6) is -0.277. The Labute approximate surface area is 127 Å². The van der Waals surface area contributed by atoms with Gasteiger partial charge in [-0.25, -0.2) is 8.42 Å². The van der Waals surface area contributed by atoms with E-state index in [1.165, 1.54) is 4.31 Å². The van der Waals surface area contributed by atoms with Gasteiger partial charge in [0.15, 0.2) is 0 Å². The summed E-state index contributed by atoms with van der Waals surface area (Å²) in [6.07, 6.45) is 0. The van der Waals surface area contributed by atoms with Gasteiger partial charge in [0.2, 0.25) is 15.9 Å². The first kappa shape index (κ1) is 15.5. The lowest BCUT2D eigenvalue weighted by atomic mass is 10.0. The summed E-state index contributed by atoms with van der Waals surface area (Å²) in [5.41, 5.74) is -0.247. The van der Waals surface area contributed by atoms with E-state index in [1.54, 1.807) is 32.0 Å². The molecule has 0 radical (unpaired) electrons. The smallest absolute Gasteiger partial charge is 0.244 e. The van der Waals surface area contributed by atoms with Gasteiger partial charge in [-0.15, -0.1) is 0 Å². The van der Waals surface area contributed by atoms with Gasteiger partial charge in [0.1, 0.15) is 5.54 Å². The van der Waals surface area contributed by atoms with Gasteiger partial charge in [0.25, 0.3) is 0 Å². The molecule has 0 spiro atoms. The fourth-order valence-electron chi connectivity index (χ4n) is 2.21. The third-order valence-electron chi connectivity index (χ3n) is 3.50. The van der Waals surface area contributed by atoms with Gasteiger partial charge in [0.05, 0.1) is 4.90 Å². The molecular weight excluding hydrogens is 344 g/mol. The summed E-state index contributed by atoms with van der Waals surface area (Å²) >= 11 is 3.35. The number of carbonyl (C=O) groups is 1. The third-order valence-corrected chi connectivity index (χ3v) is 6.46. The minimum absolute atomic E-state index is 0.209. The van der Waals surface area contributed by atoms with E-state index in [0.29, 0.717) is 6.54 Å². The topological polar surface area (TPSA) is 66.5 Å². The molecule has 1 saturated heterocycles. The minimum Gasteiger partial charge on any atom is -0.353 e. The van der Waals surface area contributed by atoms with Crippen LogP contribution in [-0.2, 0) is 14.8 Å². The standard InChI is InChI=1S/C13H17BrN2O3S/c1-9-8-10(4-5-11(9)14)20(18,19)16-7-6-15-12(17)13(16,2)3/h4-5,8H,6-7H2,1-3H3,(H,15,17). The zero-order valence-corrected chi connectivity index (χ0v) is 14.0. The first-order chi connectivity index (χ1) is 9.17. The van der Waals surface area contributed by atoms with Crippen molar-refractivity contribution in [2.24, 2.45) is 0 Å². The Bertz CT molecular complexity index is 656. The number of aryl methyl sites for hydroxylation is 1. The van der Waals surface area contributed by atoms with Crippen LogP contribution in [-0.4, -0.2) is 37.3 Å². The fourth-order valence-corrected chi connectivity index (χ4v) is 4.29. The number of piperazine rings is 1. The van der Waals surface area contributed by atoms with Crippen LogP contribution in [0.15, 0.2) is 27.6 Å². The number of carbonyl (C=O) groups excluding carboxylic acids is 1. The zero-order valence-electron chi connectivity index (χ0n) is 11.6. The number of hydrogen-bond acceptors (Lipinski definition) is 3. The molecule has 1 aromatic carbocycles. The Morgan fingerprint density at radius 2 is 2.00 bits per heavy atom. The average molecular weight is 361 g/mol. The van der Waals surface area contributed by atoms with Crippen molar-refractivity contribution < 1.29 is 13.2 Å².